The summed E-state index contributed by atoms with van der Waals surface area (Å²) in [6.07, 6.45) is 3.24. The zero-order valence-corrected chi connectivity index (χ0v) is 12.0. The molecule has 1 N–H and O–H groups in total. The predicted octanol–water partition coefficient (Wildman–Crippen LogP) is 1.86. The number of rotatable bonds is 2. The van der Waals surface area contributed by atoms with E-state index in [1.165, 1.54) is 11.5 Å². The van der Waals surface area contributed by atoms with Gasteiger partial charge >= 0.3 is 0 Å². The van der Waals surface area contributed by atoms with E-state index >= 15 is 0 Å². The fraction of sp³-hybridized carbons (Fsp3) is 0.846. The summed E-state index contributed by atoms with van der Waals surface area (Å²) in [5, 5.41) is 14.6. The molecular formula is C13H20N2O3S. The zero-order valence-electron chi connectivity index (χ0n) is 11.2. The van der Waals surface area contributed by atoms with Gasteiger partial charge in [0.05, 0.1) is 22.3 Å². The first-order valence-corrected chi connectivity index (χ1v) is 7.66. The molecule has 2 aliphatic heterocycles. The summed E-state index contributed by atoms with van der Waals surface area (Å²) in [5.74, 6) is 0.243. The van der Waals surface area contributed by atoms with E-state index in [9.17, 15) is 5.11 Å². The average molecular weight is 284 g/mol. The summed E-state index contributed by atoms with van der Waals surface area (Å²) in [5.41, 5.74) is 0.777. The number of ether oxygens (including phenoxy) is 2. The topological polar surface area (TPSA) is 64.5 Å². The third-order valence-corrected chi connectivity index (χ3v) is 5.23. The van der Waals surface area contributed by atoms with Crippen LogP contribution in [0.15, 0.2) is 0 Å². The van der Waals surface area contributed by atoms with Crippen molar-refractivity contribution in [2.24, 2.45) is 5.92 Å². The predicted molar refractivity (Wildman–Crippen MR) is 71.1 cm³/mol. The van der Waals surface area contributed by atoms with Crippen molar-refractivity contribution in [1.82, 2.24) is 9.59 Å². The second kappa shape index (κ2) is 5.44. The molecule has 19 heavy (non-hydrogen) atoms. The van der Waals surface area contributed by atoms with Crippen molar-refractivity contribution in [2.45, 2.75) is 44.3 Å². The van der Waals surface area contributed by atoms with Gasteiger partial charge in [0, 0.05) is 19.8 Å². The van der Waals surface area contributed by atoms with E-state index in [1.54, 1.807) is 0 Å². The maximum Gasteiger partial charge on any atom is 0.0946 e. The molecule has 0 bridgehead atoms. The van der Waals surface area contributed by atoms with Gasteiger partial charge in [0.1, 0.15) is 0 Å². The summed E-state index contributed by atoms with van der Waals surface area (Å²) >= 11 is 1.31. The zero-order chi connectivity index (χ0) is 13.3. The van der Waals surface area contributed by atoms with E-state index in [-0.39, 0.29) is 11.5 Å². The molecule has 1 spiro atoms. The Balaban J connectivity index is 1.72. The summed E-state index contributed by atoms with van der Waals surface area (Å²) in [4.78, 5) is 0.911. The van der Waals surface area contributed by atoms with Crippen LogP contribution in [-0.2, 0) is 9.47 Å². The Hall–Kier alpha value is -0.560. The summed E-state index contributed by atoms with van der Waals surface area (Å²) in [6, 6.07) is 0. The van der Waals surface area contributed by atoms with E-state index in [2.05, 4.69) is 9.59 Å². The van der Waals surface area contributed by atoms with Gasteiger partial charge in [0.2, 0.25) is 0 Å². The van der Waals surface area contributed by atoms with E-state index in [4.69, 9.17) is 9.47 Å². The van der Waals surface area contributed by atoms with Crippen LogP contribution in [0.25, 0.3) is 0 Å². The van der Waals surface area contributed by atoms with Gasteiger partial charge in [-0.2, -0.15) is 0 Å². The highest BCUT2D eigenvalue weighted by Crippen LogP contribution is 2.42. The number of aliphatic hydroxyl groups is 1. The smallest absolute Gasteiger partial charge is 0.0946 e. The molecule has 2 atom stereocenters. The van der Waals surface area contributed by atoms with Crippen LogP contribution in [0, 0.1) is 12.8 Å². The SMILES string of the molecule is Cc1nnsc1C(O)C1CCOC2(CCOCC2)C1. The average Bonchev–Trinajstić information content (AvgIpc) is 2.85. The molecule has 2 fully saturated rings. The second-order valence-corrected chi connectivity index (χ2v) is 6.35. The largest absolute Gasteiger partial charge is 0.387 e. The van der Waals surface area contributed by atoms with Crippen LogP contribution in [0.2, 0.25) is 0 Å². The lowest BCUT2D eigenvalue weighted by Crippen LogP contribution is -2.45. The molecule has 1 aromatic rings. The van der Waals surface area contributed by atoms with Gasteiger partial charge in [-0.15, -0.1) is 5.10 Å². The summed E-state index contributed by atoms with van der Waals surface area (Å²) < 4.78 is 15.4. The number of aryl methyl sites for hydroxylation is 1. The fourth-order valence-electron chi connectivity index (χ4n) is 3.15. The third kappa shape index (κ3) is 2.67. The van der Waals surface area contributed by atoms with Crippen molar-refractivity contribution in [3.05, 3.63) is 10.6 Å². The molecule has 3 heterocycles. The normalized spacial score (nSPS) is 28.4. The van der Waals surface area contributed by atoms with Crippen molar-refractivity contribution >= 4 is 11.5 Å². The van der Waals surface area contributed by atoms with E-state index < -0.39 is 6.10 Å². The Kier molecular flexibility index (Phi) is 3.84. The molecule has 106 valence electrons. The summed E-state index contributed by atoms with van der Waals surface area (Å²) in [7, 11) is 0. The number of aromatic nitrogens is 2. The molecule has 2 unspecified atom stereocenters. The highest BCUT2D eigenvalue weighted by Gasteiger charge is 2.41. The van der Waals surface area contributed by atoms with Crippen LogP contribution >= 0.6 is 11.5 Å². The molecular weight excluding hydrogens is 264 g/mol. The molecule has 3 rings (SSSR count). The Morgan fingerprint density at radius 1 is 1.37 bits per heavy atom. The third-order valence-electron chi connectivity index (χ3n) is 4.34. The first kappa shape index (κ1) is 13.4. The Morgan fingerprint density at radius 3 is 2.84 bits per heavy atom. The highest BCUT2D eigenvalue weighted by atomic mass is 32.1. The van der Waals surface area contributed by atoms with Crippen LogP contribution in [-0.4, -0.2) is 40.1 Å². The molecule has 0 aliphatic carbocycles. The van der Waals surface area contributed by atoms with Crippen LogP contribution in [0.1, 0.15) is 42.4 Å². The minimum atomic E-state index is -0.455. The monoisotopic (exact) mass is 284 g/mol. The number of nitrogens with zero attached hydrogens (tertiary/aromatic N) is 2. The van der Waals surface area contributed by atoms with Crippen molar-refractivity contribution in [1.29, 1.82) is 0 Å². The number of hydrogen-bond acceptors (Lipinski definition) is 6. The van der Waals surface area contributed by atoms with Gasteiger partial charge in [-0.05, 0) is 50.1 Å². The van der Waals surface area contributed by atoms with Gasteiger partial charge in [0.25, 0.3) is 0 Å². The molecule has 0 saturated carbocycles. The molecule has 0 radical (unpaired) electrons. The van der Waals surface area contributed by atoms with Crippen molar-refractivity contribution in [3.63, 3.8) is 0 Å². The minimum absolute atomic E-state index is 0.0752. The number of aliphatic hydroxyl groups excluding tert-OH is 1. The van der Waals surface area contributed by atoms with E-state index in [0.717, 1.165) is 56.1 Å². The fourth-order valence-corrected chi connectivity index (χ4v) is 3.87. The summed E-state index contributed by atoms with van der Waals surface area (Å²) in [6.45, 7) is 4.17. The lowest BCUT2D eigenvalue weighted by molar-refractivity contribution is -0.158. The molecule has 2 saturated heterocycles. The standard InChI is InChI=1S/C13H20N2O3S/c1-9-12(19-15-14-9)11(16)10-2-5-18-13(8-10)3-6-17-7-4-13/h10-11,16H,2-8H2,1H3. The van der Waals surface area contributed by atoms with E-state index in [0.29, 0.717) is 0 Å². The van der Waals surface area contributed by atoms with Crippen molar-refractivity contribution in [2.75, 3.05) is 19.8 Å². The van der Waals surface area contributed by atoms with Gasteiger partial charge in [-0.1, -0.05) is 4.49 Å². The van der Waals surface area contributed by atoms with Crippen LogP contribution in [0.4, 0.5) is 0 Å². The van der Waals surface area contributed by atoms with Crippen molar-refractivity contribution < 1.29 is 14.6 Å². The Bertz CT molecular complexity index is 426. The molecule has 0 amide bonds. The van der Waals surface area contributed by atoms with E-state index in [1.807, 2.05) is 6.92 Å². The molecule has 0 aromatic carbocycles. The molecule has 5 nitrogen and oxygen atoms in total. The first-order valence-electron chi connectivity index (χ1n) is 6.89. The van der Waals surface area contributed by atoms with Crippen molar-refractivity contribution in [3.8, 4) is 0 Å². The van der Waals surface area contributed by atoms with Gasteiger partial charge in [-0.3, -0.25) is 0 Å². The molecule has 2 aliphatic rings. The maximum absolute atomic E-state index is 10.6. The minimum Gasteiger partial charge on any atom is -0.387 e. The first-order chi connectivity index (χ1) is 9.20. The van der Waals surface area contributed by atoms with Gasteiger partial charge < -0.3 is 14.6 Å². The lowest BCUT2D eigenvalue weighted by atomic mass is 9.78. The van der Waals surface area contributed by atoms with Gasteiger partial charge in [-0.25, -0.2) is 0 Å². The van der Waals surface area contributed by atoms with Crippen LogP contribution < -0.4 is 0 Å². The van der Waals surface area contributed by atoms with Gasteiger partial charge in [0.15, 0.2) is 0 Å². The molecule has 6 heteroatoms. The van der Waals surface area contributed by atoms with Crippen LogP contribution in [0.5, 0.6) is 0 Å². The second-order valence-electron chi connectivity index (χ2n) is 5.56. The Labute approximate surface area is 117 Å². The van der Waals surface area contributed by atoms with Crippen LogP contribution in [0.3, 0.4) is 0 Å². The quantitative estimate of drug-likeness (QED) is 0.898. The maximum atomic E-state index is 10.6. The molecule has 1 aromatic heterocycles. The highest BCUT2D eigenvalue weighted by molar-refractivity contribution is 7.05. The lowest BCUT2D eigenvalue weighted by Gasteiger charge is -2.44. The Morgan fingerprint density at radius 2 is 2.16 bits per heavy atom. The number of hydrogen-bond donors (Lipinski definition) is 1.